The minimum absolute atomic E-state index is 0.0641. The second-order valence-corrected chi connectivity index (χ2v) is 11.7. The van der Waals surface area contributed by atoms with Crippen LogP contribution in [0.2, 0.25) is 5.02 Å². The number of thiazole rings is 1. The van der Waals surface area contributed by atoms with Crippen molar-refractivity contribution in [2.24, 2.45) is 0 Å². The number of methoxy groups -OCH3 is 1. The third kappa shape index (κ3) is 4.91. The fourth-order valence-electron chi connectivity index (χ4n) is 4.33. The van der Waals surface area contributed by atoms with E-state index in [1.54, 1.807) is 36.7 Å². The molecule has 1 atom stereocenters. The van der Waals surface area contributed by atoms with E-state index in [1.165, 1.54) is 39.8 Å². The molecule has 0 saturated carbocycles. The first kappa shape index (κ1) is 25.5. The lowest BCUT2D eigenvalue weighted by molar-refractivity contribution is -0.121. The molecule has 0 radical (unpaired) electrons. The summed E-state index contributed by atoms with van der Waals surface area (Å²) >= 11 is 7.65. The van der Waals surface area contributed by atoms with E-state index in [0.717, 1.165) is 17.7 Å². The first-order valence-corrected chi connectivity index (χ1v) is 14.0. The molecule has 1 unspecified atom stereocenters. The van der Waals surface area contributed by atoms with Gasteiger partial charge in [-0.3, -0.25) is 14.7 Å². The van der Waals surface area contributed by atoms with Crippen LogP contribution in [0.1, 0.15) is 18.4 Å². The van der Waals surface area contributed by atoms with Crippen molar-refractivity contribution in [1.82, 2.24) is 14.3 Å². The van der Waals surface area contributed by atoms with E-state index < -0.39 is 27.8 Å². The number of amides is 1. The van der Waals surface area contributed by atoms with E-state index in [-0.39, 0.29) is 18.0 Å². The Balaban J connectivity index is 1.55. The molecule has 1 fully saturated rings. The summed E-state index contributed by atoms with van der Waals surface area (Å²) in [6.45, 7) is 0.334. The number of pyridine rings is 1. The Hall–Kier alpha value is -3.12. The number of fused-ring (bicyclic) bond motifs is 1. The molecule has 37 heavy (non-hydrogen) atoms. The standard InChI is InChI=1S/C25H22ClFN4O4S2/c1-35-21-9-8-19(26)23-22(21)29-25(36-23)30(15-16-10-12-28-13-11-16)24(32)20-3-2-14-31(20)37(33,34)18-6-4-17(27)5-7-18/h4-13,20H,2-3,14-15H2,1H3. The predicted molar refractivity (Wildman–Crippen MR) is 140 cm³/mol. The maximum Gasteiger partial charge on any atom is 0.247 e. The number of halogens is 2. The summed E-state index contributed by atoms with van der Waals surface area (Å²) in [6, 6.07) is 10.6. The summed E-state index contributed by atoms with van der Waals surface area (Å²) in [5.41, 5.74) is 1.32. The molecule has 1 amide bonds. The molecule has 0 spiro atoms. The summed E-state index contributed by atoms with van der Waals surface area (Å²) in [4.78, 5) is 24.2. The zero-order chi connectivity index (χ0) is 26.2. The number of anilines is 1. The van der Waals surface area contributed by atoms with Crippen molar-refractivity contribution in [2.75, 3.05) is 18.6 Å². The molecule has 1 aliphatic rings. The van der Waals surface area contributed by atoms with Gasteiger partial charge in [0, 0.05) is 18.9 Å². The van der Waals surface area contributed by atoms with E-state index >= 15 is 0 Å². The maximum atomic E-state index is 14.1. The summed E-state index contributed by atoms with van der Waals surface area (Å²) in [5, 5.41) is 0.839. The van der Waals surface area contributed by atoms with Crippen LogP contribution in [-0.4, -0.2) is 48.3 Å². The highest BCUT2D eigenvalue weighted by molar-refractivity contribution is 7.89. The number of nitrogens with zero attached hydrogens (tertiary/aromatic N) is 4. The number of sulfonamides is 1. The summed E-state index contributed by atoms with van der Waals surface area (Å²) in [5.74, 6) is -0.435. The molecule has 0 aliphatic carbocycles. The Morgan fingerprint density at radius 3 is 2.62 bits per heavy atom. The number of rotatable bonds is 7. The lowest BCUT2D eigenvalue weighted by Gasteiger charge is -2.28. The van der Waals surface area contributed by atoms with Crippen LogP contribution in [0.15, 0.2) is 65.8 Å². The summed E-state index contributed by atoms with van der Waals surface area (Å²) in [7, 11) is -2.50. The minimum Gasteiger partial charge on any atom is -0.494 e. The fraction of sp³-hybridized carbons (Fsp3) is 0.240. The molecule has 0 bridgehead atoms. The number of aromatic nitrogens is 2. The van der Waals surface area contributed by atoms with Crippen LogP contribution >= 0.6 is 22.9 Å². The number of carbonyl (C=O) groups is 1. The van der Waals surface area contributed by atoms with E-state index in [2.05, 4.69) is 9.97 Å². The molecule has 12 heteroatoms. The van der Waals surface area contributed by atoms with Crippen LogP contribution in [0.4, 0.5) is 9.52 Å². The topological polar surface area (TPSA) is 92.7 Å². The Morgan fingerprint density at radius 1 is 1.19 bits per heavy atom. The lowest BCUT2D eigenvalue weighted by Crippen LogP contribution is -2.47. The molecular weight excluding hydrogens is 539 g/mol. The van der Waals surface area contributed by atoms with Crippen molar-refractivity contribution in [3.8, 4) is 5.75 Å². The Kier molecular flexibility index (Phi) is 7.13. The van der Waals surface area contributed by atoms with Crippen LogP contribution in [0.25, 0.3) is 10.2 Å². The third-order valence-electron chi connectivity index (χ3n) is 6.16. The van der Waals surface area contributed by atoms with Gasteiger partial charge in [0.15, 0.2) is 5.13 Å². The van der Waals surface area contributed by atoms with Crippen molar-refractivity contribution in [3.63, 3.8) is 0 Å². The Bertz CT molecular complexity index is 1550. The second kappa shape index (κ2) is 10.3. The molecule has 2 aromatic heterocycles. The van der Waals surface area contributed by atoms with Crippen molar-refractivity contribution >= 4 is 54.2 Å². The predicted octanol–water partition coefficient (Wildman–Crippen LogP) is 4.88. The van der Waals surface area contributed by atoms with Gasteiger partial charge in [-0.2, -0.15) is 4.31 Å². The number of hydrogen-bond donors (Lipinski definition) is 0. The van der Waals surface area contributed by atoms with Crippen LogP contribution < -0.4 is 9.64 Å². The van der Waals surface area contributed by atoms with E-state index in [0.29, 0.717) is 39.0 Å². The molecule has 5 rings (SSSR count). The van der Waals surface area contributed by atoms with Crippen LogP contribution in [0.3, 0.4) is 0 Å². The van der Waals surface area contributed by atoms with Crippen LogP contribution in [-0.2, 0) is 21.4 Å². The first-order valence-electron chi connectivity index (χ1n) is 11.4. The van der Waals surface area contributed by atoms with Crippen molar-refractivity contribution < 1.29 is 22.3 Å². The molecule has 2 aromatic carbocycles. The average molecular weight is 561 g/mol. The Labute approximate surface area is 222 Å². The maximum absolute atomic E-state index is 14.1. The number of carbonyl (C=O) groups excluding carboxylic acids is 1. The van der Waals surface area contributed by atoms with Gasteiger partial charge >= 0.3 is 0 Å². The van der Waals surface area contributed by atoms with Gasteiger partial charge in [0.05, 0.1) is 28.3 Å². The highest BCUT2D eigenvalue weighted by Crippen LogP contribution is 2.40. The third-order valence-corrected chi connectivity index (χ3v) is 9.62. The van der Waals surface area contributed by atoms with Gasteiger partial charge in [-0.15, -0.1) is 0 Å². The molecule has 1 aliphatic heterocycles. The molecule has 0 N–H and O–H groups in total. The lowest BCUT2D eigenvalue weighted by atomic mass is 10.2. The van der Waals surface area contributed by atoms with Gasteiger partial charge in [-0.25, -0.2) is 17.8 Å². The SMILES string of the molecule is COc1ccc(Cl)c2sc(N(Cc3ccncc3)C(=O)C3CCCN3S(=O)(=O)c3ccc(F)cc3)nc12. The van der Waals surface area contributed by atoms with E-state index in [1.807, 2.05) is 0 Å². The van der Waals surface area contributed by atoms with Crippen molar-refractivity contribution in [1.29, 1.82) is 0 Å². The highest BCUT2D eigenvalue weighted by Gasteiger charge is 2.42. The van der Waals surface area contributed by atoms with Gasteiger partial charge in [-0.05, 0) is 66.9 Å². The van der Waals surface area contributed by atoms with Gasteiger partial charge in [0.25, 0.3) is 0 Å². The van der Waals surface area contributed by atoms with Crippen LogP contribution in [0, 0.1) is 5.82 Å². The summed E-state index contributed by atoms with van der Waals surface area (Å²) in [6.07, 6.45) is 4.11. The van der Waals surface area contributed by atoms with Gasteiger partial charge < -0.3 is 4.74 Å². The molecule has 8 nitrogen and oxygen atoms in total. The van der Waals surface area contributed by atoms with Crippen LogP contribution in [0.5, 0.6) is 5.75 Å². The highest BCUT2D eigenvalue weighted by atomic mass is 35.5. The molecule has 192 valence electrons. The smallest absolute Gasteiger partial charge is 0.247 e. The van der Waals surface area contributed by atoms with Crippen molar-refractivity contribution in [2.45, 2.75) is 30.3 Å². The van der Waals surface area contributed by atoms with E-state index in [9.17, 15) is 17.6 Å². The molecule has 4 aromatic rings. The second-order valence-electron chi connectivity index (χ2n) is 8.43. The molecular formula is C25H22ClFN4O4S2. The summed E-state index contributed by atoms with van der Waals surface area (Å²) < 4.78 is 47.6. The largest absolute Gasteiger partial charge is 0.494 e. The molecule has 3 heterocycles. The number of hydrogen-bond acceptors (Lipinski definition) is 7. The minimum atomic E-state index is -4.03. The fourth-order valence-corrected chi connectivity index (χ4v) is 7.24. The Morgan fingerprint density at radius 2 is 1.92 bits per heavy atom. The number of benzene rings is 2. The van der Waals surface area contributed by atoms with E-state index in [4.69, 9.17) is 16.3 Å². The molecule has 1 saturated heterocycles. The van der Waals surface area contributed by atoms with Gasteiger partial charge in [-0.1, -0.05) is 22.9 Å². The first-order chi connectivity index (χ1) is 17.8. The monoisotopic (exact) mass is 560 g/mol. The quantitative estimate of drug-likeness (QED) is 0.320. The van der Waals surface area contributed by atoms with Gasteiger partial charge in [0.1, 0.15) is 23.1 Å². The zero-order valence-corrected chi connectivity index (χ0v) is 22.1. The number of ether oxygens (including phenoxy) is 1. The normalized spacial score (nSPS) is 16.2. The van der Waals surface area contributed by atoms with Crippen molar-refractivity contribution in [3.05, 3.63) is 77.3 Å². The zero-order valence-electron chi connectivity index (χ0n) is 19.7. The average Bonchev–Trinajstić information content (AvgIpc) is 3.57. The van der Waals surface area contributed by atoms with Gasteiger partial charge in [0.2, 0.25) is 15.9 Å².